The first kappa shape index (κ1) is 13.1. The average Bonchev–Trinajstić information content (AvgIpc) is 2.77. The van der Waals surface area contributed by atoms with E-state index in [1.165, 1.54) is 11.1 Å². The Balaban J connectivity index is 1.99. The number of halogens is 1. The zero-order valence-corrected chi connectivity index (χ0v) is 11.6. The zero-order chi connectivity index (χ0) is 13.0. The molecule has 0 aliphatic heterocycles. The minimum atomic E-state index is 0.408. The first-order valence-electron chi connectivity index (χ1n) is 6.14. The molecule has 0 spiro atoms. The summed E-state index contributed by atoms with van der Waals surface area (Å²) in [7, 11) is 1.88. The normalized spacial score (nSPS) is 12.6. The van der Waals surface area contributed by atoms with Crippen LogP contribution in [-0.2, 0) is 19.9 Å². The van der Waals surface area contributed by atoms with Crippen molar-refractivity contribution in [2.24, 2.45) is 13.0 Å². The van der Waals surface area contributed by atoms with E-state index in [1.54, 1.807) is 4.68 Å². The molecule has 1 atom stereocenters. The van der Waals surface area contributed by atoms with Crippen LogP contribution in [0.4, 0.5) is 0 Å². The summed E-state index contributed by atoms with van der Waals surface area (Å²) in [6.07, 6.45) is 3.82. The molecule has 4 heteroatoms. The van der Waals surface area contributed by atoms with E-state index < -0.39 is 0 Å². The van der Waals surface area contributed by atoms with Crippen LogP contribution in [-0.4, -0.2) is 20.9 Å². The van der Waals surface area contributed by atoms with Gasteiger partial charge in [-0.05, 0) is 31.2 Å². The lowest BCUT2D eigenvalue weighted by atomic mass is 9.96. The summed E-state index contributed by atoms with van der Waals surface area (Å²) < 4.78 is 1.73. The van der Waals surface area contributed by atoms with E-state index in [1.807, 2.05) is 13.2 Å². The minimum absolute atomic E-state index is 0.408. The van der Waals surface area contributed by atoms with Gasteiger partial charge >= 0.3 is 0 Å². The van der Waals surface area contributed by atoms with Crippen LogP contribution in [0.25, 0.3) is 0 Å². The van der Waals surface area contributed by atoms with E-state index in [9.17, 15) is 0 Å². The monoisotopic (exact) mass is 263 g/mol. The molecule has 0 N–H and O–H groups in total. The highest BCUT2D eigenvalue weighted by molar-refractivity contribution is 6.18. The van der Waals surface area contributed by atoms with Crippen molar-refractivity contribution in [2.45, 2.75) is 19.8 Å². The second-order valence-corrected chi connectivity index (χ2v) is 5.11. The highest BCUT2D eigenvalue weighted by Gasteiger charge is 2.11. The summed E-state index contributed by atoms with van der Waals surface area (Å²) >= 11 is 6.05. The molecule has 0 saturated carbocycles. The maximum absolute atomic E-state index is 6.05. The van der Waals surface area contributed by atoms with Crippen molar-refractivity contribution >= 4 is 11.6 Å². The van der Waals surface area contributed by atoms with Crippen molar-refractivity contribution in [3.8, 4) is 0 Å². The Morgan fingerprint density at radius 1 is 1.22 bits per heavy atom. The van der Waals surface area contributed by atoms with Crippen molar-refractivity contribution in [3.63, 3.8) is 0 Å². The molecule has 1 heterocycles. The second-order valence-electron chi connectivity index (χ2n) is 4.80. The van der Waals surface area contributed by atoms with Crippen molar-refractivity contribution < 1.29 is 0 Å². The van der Waals surface area contributed by atoms with Crippen LogP contribution in [0.2, 0.25) is 0 Å². The van der Waals surface area contributed by atoms with Gasteiger partial charge in [0.25, 0.3) is 0 Å². The molecular formula is C14H18ClN3. The van der Waals surface area contributed by atoms with Crippen LogP contribution in [0.5, 0.6) is 0 Å². The Hall–Kier alpha value is -1.35. The fraction of sp³-hybridized carbons (Fsp3) is 0.429. The predicted octanol–water partition coefficient (Wildman–Crippen LogP) is 2.76. The molecule has 1 unspecified atom stereocenters. The minimum Gasteiger partial charge on any atom is -0.255 e. The van der Waals surface area contributed by atoms with Gasteiger partial charge in [0, 0.05) is 19.1 Å². The third kappa shape index (κ3) is 3.57. The van der Waals surface area contributed by atoms with Crippen molar-refractivity contribution in [1.29, 1.82) is 0 Å². The molecule has 2 aromatic rings. The first-order valence-corrected chi connectivity index (χ1v) is 6.67. The van der Waals surface area contributed by atoms with E-state index in [0.29, 0.717) is 11.8 Å². The number of benzene rings is 1. The molecule has 1 aromatic heterocycles. The summed E-state index contributed by atoms with van der Waals surface area (Å²) in [4.78, 5) is 0. The van der Waals surface area contributed by atoms with Crippen molar-refractivity contribution in [1.82, 2.24) is 15.0 Å². The largest absolute Gasteiger partial charge is 0.255 e. The van der Waals surface area contributed by atoms with Crippen LogP contribution in [0, 0.1) is 12.8 Å². The second kappa shape index (κ2) is 6.01. The Kier molecular flexibility index (Phi) is 4.37. The van der Waals surface area contributed by atoms with Gasteiger partial charge in [0.2, 0.25) is 0 Å². The molecule has 1 aromatic carbocycles. The molecule has 0 fully saturated rings. The Labute approximate surface area is 113 Å². The number of alkyl halides is 1. The number of aryl methyl sites for hydroxylation is 2. The van der Waals surface area contributed by atoms with Gasteiger partial charge in [-0.1, -0.05) is 35.0 Å². The Bertz CT molecular complexity index is 490. The number of nitrogens with zero attached hydrogens (tertiary/aromatic N) is 3. The predicted molar refractivity (Wildman–Crippen MR) is 73.8 cm³/mol. The number of rotatable bonds is 5. The highest BCUT2D eigenvalue weighted by atomic mass is 35.5. The lowest BCUT2D eigenvalue weighted by Gasteiger charge is -2.12. The molecule has 96 valence electrons. The third-order valence-electron chi connectivity index (χ3n) is 3.01. The van der Waals surface area contributed by atoms with E-state index in [-0.39, 0.29) is 0 Å². The van der Waals surface area contributed by atoms with E-state index >= 15 is 0 Å². The van der Waals surface area contributed by atoms with E-state index in [2.05, 4.69) is 41.5 Å². The topological polar surface area (TPSA) is 30.7 Å². The first-order chi connectivity index (χ1) is 8.67. The third-order valence-corrected chi connectivity index (χ3v) is 3.45. The molecule has 0 aliphatic rings. The van der Waals surface area contributed by atoms with E-state index in [0.717, 1.165) is 18.5 Å². The van der Waals surface area contributed by atoms with E-state index in [4.69, 9.17) is 11.6 Å². The van der Waals surface area contributed by atoms with Crippen LogP contribution in [0.3, 0.4) is 0 Å². The van der Waals surface area contributed by atoms with Gasteiger partial charge in [-0.3, -0.25) is 4.68 Å². The number of aromatic nitrogens is 3. The van der Waals surface area contributed by atoms with Gasteiger partial charge in [0.05, 0.1) is 5.69 Å². The lowest BCUT2D eigenvalue weighted by Crippen LogP contribution is -2.10. The molecule has 0 amide bonds. The molecule has 0 radical (unpaired) electrons. The number of hydrogen-bond donors (Lipinski definition) is 0. The van der Waals surface area contributed by atoms with Gasteiger partial charge in [-0.2, -0.15) is 0 Å². The maximum atomic E-state index is 6.05. The SMILES string of the molecule is Cc1ccc(CC(CCl)Cc2cn(C)nn2)cc1. The quantitative estimate of drug-likeness (QED) is 0.777. The Morgan fingerprint density at radius 3 is 2.50 bits per heavy atom. The Morgan fingerprint density at radius 2 is 1.94 bits per heavy atom. The summed E-state index contributed by atoms with van der Waals surface area (Å²) in [6.45, 7) is 2.10. The maximum Gasteiger partial charge on any atom is 0.0830 e. The molecule has 18 heavy (non-hydrogen) atoms. The average molecular weight is 264 g/mol. The summed E-state index contributed by atoms with van der Waals surface area (Å²) in [5.41, 5.74) is 3.63. The molecule has 0 aliphatic carbocycles. The van der Waals surface area contributed by atoms with Crippen molar-refractivity contribution in [3.05, 3.63) is 47.3 Å². The fourth-order valence-corrected chi connectivity index (χ4v) is 2.24. The summed E-state index contributed by atoms with van der Waals surface area (Å²) in [6, 6.07) is 8.63. The molecular weight excluding hydrogens is 246 g/mol. The van der Waals surface area contributed by atoms with Gasteiger partial charge in [0.1, 0.15) is 0 Å². The molecule has 0 bridgehead atoms. The van der Waals surface area contributed by atoms with Crippen LogP contribution in [0.15, 0.2) is 30.5 Å². The van der Waals surface area contributed by atoms with Crippen LogP contribution < -0.4 is 0 Å². The van der Waals surface area contributed by atoms with Gasteiger partial charge in [0.15, 0.2) is 0 Å². The van der Waals surface area contributed by atoms with Gasteiger partial charge in [-0.25, -0.2) is 0 Å². The van der Waals surface area contributed by atoms with Gasteiger partial charge in [-0.15, -0.1) is 16.7 Å². The van der Waals surface area contributed by atoms with Crippen LogP contribution in [0.1, 0.15) is 16.8 Å². The fourth-order valence-electron chi connectivity index (χ4n) is 2.02. The summed E-state index contributed by atoms with van der Waals surface area (Å²) in [5.74, 6) is 1.05. The smallest absolute Gasteiger partial charge is 0.0830 e. The molecule has 0 saturated heterocycles. The number of hydrogen-bond acceptors (Lipinski definition) is 2. The standard InChI is InChI=1S/C14H18ClN3/c1-11-3-5-12(6-4-11)7-13(9-15)8-14-10-18(2)17-16-14/h3-6,10,13H,7-9H2,1-2H3. The lowest BCUT2D eigenvalue weighted by molar-refractivity contribution is 0.574. The highest BCUT2D eigenvalue weighted by Crippen LogP contribution is 2.15. The molecule has 3 nitrogen and oxygen atoms in total. The molecule has 2 rings (SSSR count). The van der Waals surface area contributed by atoms with Crippen molar-refractivity contribution in [2.75, 3.05) is 5.88 Å². The van der Waals surface area contributed by atoms with Gasteiger partial charge < -0.3 is 0 Å². The van der Waals surface area contributed by atoms with Crippen LogP contribution >= 0.6 is 11.6 Å². The summed E-state index contributed by atoms with van der Waals surface area (Å²) in [5, 5.41) is 8.06. The zero-order valence-electron chi connectivity index (χ0n) is 10.8.